The topological polar surface area (TPSA) is 32.9 Å². The van der Waals surface area contributed by atoms with Crippen LogP contribution in [0.3, 0.4) is 0 Å². The molecule has 1 atom stereocenters. The van der Waals surface area contributed by atoms with Crippen molar-refractivity contribution >= 4 is 17.4 Å². The number of aryl methyl sites for hydroxylation is 1. The zero-order chi connectivity index (χ0) is 19.2. The third kappa shape index (κ3) is 3.07. The van der Waals surface area contributed by atoms with Gasteiger partial charge in [-0.25, -0.2) is 8.91 Å². The molecule has 1 aliphatic heterocycles. The summed E-state index contributed by atoms with van der Waals surface area (Å²) in [4.78, 5) is 5.94. The van der Waals surface area contributed by atoms with E-state index in [1.807, 2.05) is 0 Å². The molecule has 0 radical (unpaired) electrons. The summed E-state index contributed by atoms with van der Waals surface area (Å²) < 4.78 is 53.8. The Kier molecular flexibility index (Phi) is 3.98. The second-order valence-corrected chi connectivity index (χ2v) is 6.17. The highest BCUT2D eigenvalue weighted by molar-refractivity contribution is 5.81. The number of hydrogen-bond donors (Lipinski definition) is 0. The maximum Gasteiger partial charge on any atom is 0.416 e. The number of alkyl halides is 3. The van der Waals surface area contributed by atoms with Gasteiger partial charge < -0.3 is 4.90 Å². The van der Waals surface area contributed by atoms with Crippen molar-refractivity contribution in [1.29, 1.82) is 0 Å². The number of fused-ring (bicyclic) bond motifs is 1. The standard InChI is InChI=1S/C19H14F4N4/c1-12-18(16-10-14(20)6-8-27(16)25-12)17-11-24-7-9-26(17)15-4-2-13(3-5-15)19(21,22)23/h2-11,17H,1H3. The van der Waals surface area contributed by atoms with Crippen molar-refractivity contribution in [2.45, 2.75) is 19.1 Å². The SMILES string of the molecule is Cc1nn2ccc(F)cc2c1C1C=NC=CN1c1ccc(C(F)(F)F)cc1. The Morgan fingerprint density at radius 3 is 2.52 bits per heavy atom. The Bertz CT molecular complexity index is 1050. The zero-order valence-corrected chi connectivity index (χ0v) is 14.2. The van der Waals surface area contributed by atoms with E-state index in [2.05, 4.69) is 10.1 Å². The Hall–Kier alpha value is -3.16. The molecule has 4 nitrogen and oxygen atoms in total. The molecule has 0 aliphatic carbocycles. The molecule has 0 N–H and O–H groups in total. The molecule has 138 valence electrons. The van der Waals surface area contributed by atoms with E-state index >= 15 is 0 Å². The number of halogens is 4. The van der Waals surface area contributed by atoms with Crippen LogP contribution in [-0.4, -0.2) is 15.8 Å². The van der Waals surface area contributed by atoms with Crippen molar-refractivity contribution in [3.63, 3.8) is 0 Å². The van der Waals surface area contributed by atoms with Crippen LogP contribution in [-0.2, 0) is 6.18 Å². The van der Waals surface area contributed by atoms with E-state index in [1.54, 1.807) is 35.0 Å². The van der Waals surface area contributed by atoms with Crippen molar-refractivity contribution in [3.05, 3.63) is 77.6 Å². The van der Waals surface area contributed by atoms with Gasteiger partial charge in [0.25, 0.3) is 0 Å². The largest absolute Gasteiger partial charge is 0.416 e. The van der Waals surface area contributed by atoms with Gasteiger partial charge in [0, 0.05) is 42.1 Å². The van der Waals surface area contributed by atoms with Crippen LogP contribution in [0.5, 0.6) is 0 Å². The number of anilines is 1. The van der Waals surface area contributed by atoms with Gasteiger partial charge in [0.1, 0.15) is 5.82 Å². The van der Waals surface area contributed by atoms with Gasteiger partial charge in [-0.05, 0) is 37.3 Å². The molecule has 1 aliphatic rings. The lowest BCUT2D eigenvalue weighted by molar-refractivity contribution is -0.137. The van der Waals surface area contributed by atoms with Gasteiger partial charge in [-0.1, -0.05) is 0 Å². The monoisotopic (exact) mass is 374 g/mol. The van der Waals surface area contributed by atoms with Crippen molar-refractivity contribution in [3.8, 4) is 0 Å². The van der Waals surface area contributed by atoms with Gasteiger partial charge in [0.05, 0.1) is 22.8 Å². The summed E-state index contributed by atoms with van der Waals surface area (Å²) in [6.45, 7) is 1.80. The second-order valence-electron chi connectivity index (χ2n) is 6.17. The van der Waals surface area contributed by atoms with Crippen molar-refractivity contribution < 1.29 is 17.6 Å². The average molecular weight is 374 g/mol. The minimum atomic E-state index is -4.40. The summed E-state index contributed by atoms with van der Waals surface area (Å²) >= 11 is 0. The normalized spacial score (nSPS) is 17.1. The smallest absolute Gasteiger partial charge is 0.334 e. The highest BCUT2D eigenvalue weighted by Crippen LogP contribution is 2.35. The van der Waals surface area contributed by atoms with Gasteiger partial charge in [-0.3, -0.25) is 4.99 Å². The molecular weight excluding hydrogens is 360 g/mol. The van der Waals surface area contributed by atoms with Crippen LogP contribution < -0.4 is 4.90 Å². The molecule has 0 saturated carbocycles. The summed E-state index contributed by atoms with van der Waals surface area (Å²) in [5.74, 6) is -0.395. The first kappa shape index (κ1) is 17.3. The predicted molar refractivity (Wildman–Crippen MR) is 94.2 cm³/mol. The van der Waals surface area contributed by atoms with Crippen LogP contribution in [0.4, 0.5) is 23.2 Å². The summed E-state index contributed by atoms with van der Waals surface area (Å²) in [7, 11) is 0. The molecule has 0 amide bonds. The molecule has 2 aromatic heterocycles. The first-order valence-electron chi connectivity index (χ1n) is 8.14. The Morgan fingerprint density at radius 2 is 1.81 bits per heavy atom. The average Bonchev–Trinajstić information content (AvgIpc) is 2.96. The van der Waals surface area contributed by atoms with Crippen LogP contribution in [0.1, 0.15) is 22.9 Å². The van der Waals surface area contributed by atoms with Gasteiger partial charge in [0.2, 0.25) is 0 Å². The number of benzene rings is 1. The van der Waals surface area contributed by atoms with Crippen LogP contribution in [0.25, 0.3) is 5.52 Å². The van der Waals surface area contributed by atoms with E-state index in [4.69, 9.17) is 0 Å². The molecule has 4 rings (SSSR count). The molecule has 1 unspecified atom stereocenters. The van der Waals surface area contributed by atoms with Crippen LogP contribution in [0.15, 0.2) is 60.0 Å². The minimum absolute atomic E-state index is 0.395. The van der Waals surface area contributed by atoms with E-state index in [0.717, 1.165) is 17.7 Å². The molecule has 8 heteroatoms. The molecule has 3 aromatic rings. The molecule has 1 aromatic carbocycles. The lowest BCUT2D eigenvalue weighted by Gasteiger charge is -2.30. The number of nitrogens with zero attached hydrogens (tertiary/aromatic N) is 4. The zero-order valence-electron chi connectivity index (χ0n) is 14.2. The van der Waals surface area contributed by atoms with Gasteiger partial charge in [-0.2, -0.15) is 18.3 Å². The van der Waals surface area contributed by atoms with E-state index in [9.17, 15) is 17.6 Å². The van der Waals surface area contributed by atoms with Gasteiger partial charge in [0.15, 0.2) is 0 Å². The number of rotatable bonds is 2. The third-order valence-corrected chi connectivity index (χ3v) is 4.45. The molecular formula is C19H14F4N4. The number of hydrogen-bond acceptors (Lipinski definition) is 3. The molecule has 0 fully saturated rings. The first-order valence-corrected chi connectivity index (χ1v) is 8.14. The highest BCUT2D eigenvalue weighted by Gasteiger charge is 2.31. The highest BCUT2D eigenvalue weighted by atomic mass is 19.4. The van der Waals surface area contributed by atoms with Crippen LogP contribution in [0, 0.1) is 12.7 Å². The predicted octanol–water partition coefficient (Wildman–Crippen LogP) is 4.90. The molecule has 0 spiro atoms. The molecule has 27 heavy (non-hydrogen) atoms. The first-order chi connectivity index (χ1) is 12.8. The second kappa shape index (κ2) is 6.22. The number of pyridine rings is 1. The minimum Gasteiger partial charge on any atom is -0.334 e. The molecule has 3 heterocycles. The van der Waals surface area contributed by atoms with Crippen molar-refractivity contribution in [2.24, 2.45) is 4.99 Å². The van der Waals surface area contributed by atoms with E-state index in [1.165, 1.54) is 30.5 Å². The van der Waals surface area contributed by atoms with Gasteiger partial charge in [-0.15, -0.1) is 0 Å². The van der Waals surface area contributed by atoms with E-state index < -0.39 is 23.6 Å². The van der Waals surface area contributed by atoms with Crippen LogP contribution in [0.2, 0.25) is 0 Å². The quantitative estimate of drug-likeness (QED) is 0.598. The summed E-state index contributed by atoms with van der Waals surface area (Å²) in [6, 6.07) is 7.15. The van der Waals surface area contributed by atoms with Crippen molar-refractivity contribution in [2.75, 3.05) is 4.90 Å². The van der Waals surface area contributed by atoms with Gasteiger partial charge >= 0.3 is 6.18 Å². The summed E-state index contributed by atoms with van der Waals surface area (Å²) in [6.07, 6.45) is 2.02. The van der Waals surface area contributed by atoms with Crippen molar-refractivity contribution in [1.82, 2.24) is 9.61 Å². The molecule has 0 saturated heterocycles. The summed E-state index contributed by atoms with van der Waals surface area (Å²) in [5.41, 5.74) is 1.85. The lowest BCUT2D eigenvalue weighted by atomic mass is 10.0. The van der Waals surface area contributed by atoms with E-state index in [-0.39, 0.29) is 0 Å². The Labute approximate surface area is 152 Å². The summed E-state index contributed by atoms with van der Waals surface area (Å²) in [5, 5.41) is 4.39. The fourth-order valence-electron chi connectivity index (χ4n) is 3.21. The Balaban J connectivity index is 1.79. The lowest BCUT2D eigenvalue weighted by Crippen LogP contribution is -2.26. The fourth-order valence-corrected chi connectivity index (χ4v) is 3.21. The molecule has 0 bridgehead atoms. The third-order valence-electron chi connectivity index (χ3n) is 4.45. The Morgan fingerprint density at radius 1 is 1.07 bits per heavy atom. The fraction of sp³-hybridized carbons (Fsp3) is 0.158. The number of aromatic nitrogens is 2. The van der Waals surface area contributed by atoms with Crippen LogP contribution >= 0.6 is 0 Å². The maximum absolute atomic E-state index is 13.8. The van der Waals surface area contributed by atoms with E-state index in [0.29, 0.717) is 16.9 Å². The maximum atomic E-state index is 13.8. The number of aliphatic imine (C=N–C) groups is 1.